The number of nitrogens with zero attached hydrogens (tertiary/aromatic N) is 2. The molecular weight excluding hydrogens is 240 g/mol. The van der Waals surface area contributed by atoms with Crippen molar-refractivity contribution in [1.82, 2.24) is 9.97 Å². The second kappa shape index (κ2) is 7.28. The molecule has 0 aliphatic heterocycles. The van der Waals surface area contributed by atoms with Crippen LogP contribution in [-0.4, -0.2) is 36.3 Å². The van der Waals surface area contributed by atoms with Gasteiger partial charge in [0, 0.05) is 25.4 Å². The first kappa shape index (κ1) is 14.1. The van der Waals surface area contributed by atoms with Crippen LogP contribution >= 0.6 is 0 Å². The van der Waals surface area contributed by atoms with Gasteiger partial charge in [0.05, 0.1) is 12.7 Å². The van der Waals surface area contributed by atoms with E-state index >= 15 is 0 Å². The van der Waals surface area contributed by atoms with Crippen molar-refractivity contribution in [2.24, 2.45) is 0 Å². The highest BCUT2D eigenvalue weighted by atomic mass is 16.5. The van der Waals surface area contributed by atoms with Gasteiger partial charge < -0.3 is 15.4 Å². The Kier molecular flexibility index (Phi) is 5.39. The normalized spacial score (nSPS) is 16.3. The summed E-state index contributed by atoms with van der Waals surface area (Å²) in [5.41, 5.74) is 1.05. The van der Waals surface area contributed by atoms with Gasteiger partial charge in [0.1, 0.15) is 5.82 Å². The van der Waals surface area contributed by atoms with Crippen LogP contribution in [0.15, 0.2) is 6.20 Å². The van der Waals surface area contributed by atoms with E-state index in [9.17, 15) is 0 Å². The van der Waals surface area contributed by atoms with Gasteiger partial charge in [-0.05, 0) is 19.8 Å². The highest BCUT2D eigenvalue weighted by Gasteiger charge is 2.13. The molecule has 2 N–H and O–H groups in total. The lowest BCUT2D eigenvalue weighted by atomic mass is 9.98. The lowest BCUT2D eigenvalue weighted by Crippen LogP contribution is -2.21. The van der Waals surface area contributed by atoms with Crippen molar-refractivity contribution >= 4 is 11.8 Å². The standard InChI is InChI=1S/C14H24N4O/c1-11-10-17-14(15-2)18-13(11)16-8-9-19-12-6-4-3-5-7-12/h10,12H,3-9H2,1-2H3,(H2,15,16,17,18). The van der Waals surface area contributed by atoms with Crippen molar-refractivity contribution in [2.45, 2.75) is 45.1 Å². The third-order valence-corrected chi connectivity index (χ3v) is 3.50. The largest absolute Gasteiger partial charge is 0.376 e. The molecule has 2 rings (SSSR count). The van der Waals surface area contributed by atoms with Gasteiger partial charge >= 0.3 is 0 Å². The summed E-state index contributed by atoms with van der Waals surface area (Å²) in [5.74, 6) is 1.52. The monoisotopic (exact) mass is 264 g/mol. The van der Waals surface area contributed by atoms with Gasteiger partial charge in [-0.25, -0.2) is 4.98 Å². The van der Waals surface area contributed by atoms with Crippen molar-refractivity contribution in [3.05, 3.63) is 11.8 Å². The van der Waals surface area contributed by atoms with Gasteiger partial charge in [0.25, 0.3) is 0 Å². The van der Waals surface area contributed by atoms with Gasteiger partial charge in [-0.3, -0.25) is 0 Å². The fourth-order valence-corrected chi connectivity index (χ4v) is 2.37. The minimum Gasteiger partial charge on any atom is -0.376 e. The van der Waals surface area contributed by atoms with Gasteiger partial charge in [-0.2, -0.15) is 4.98 Å². The van der Waals surface area contributed by atoms with Crippen molar-refractivity contribution in [3.8, 4) is 0 Å². The molecular formula is C14H24N4O. The summed E-state index contributed by atoms with van der Waals surface area (Å²) in [5, 5.41) is 6.25. The molecule has 0 spiro atoms. The van der Waals surface area contributed by atoms with Crippen molar-refractivity contribution < 1.29 is 4.74 Å². The summed E-state index contributed by atoms with van der Waals surface area (Å²) >= 11 is 0. The van der Waals surface area contributed by atoms with Crippen LogP contribution in [0.2, 0.25) is 0 Å². The molecule has 1 saturated carbocycles. The van der Waals surface area contributed by atoms with Crippen LogP contribution < -0.4 is 10.6 Å². The first-order valence-electron chi connectivity index (χ1n) is 7.16. The van der Waals surface area contributed by atoms with E-state index in [1.54, 1.807) is 0 Å². The summed E-state index contributed by atoms with van der Waals surface area (Å²) in [6.45, 7) is 3.53. The second-order valence-corrected chi connectivity index (χ2v) is 5.03. The number of aromatic nitrogens is 2. The second-order valence-electron chi connectivity index (χ2n) is 5.03. The van der Waals surface area contributed by atoms with E-state index in [1.165, 1.54) is 32.1 Å². The Hall–Kier alpha value is -1.36. The topological polar surface area (TPSA) is 59.1 Å². The number of aryl methyl sites for hydroxylation is 1. The molecule has 19 heavy (non-hydrogen) atoms. The number of hydrogen-bond donors (Lipinski definition) is 2. The minimum atomic E-state index is 0.468. The number of anilines is 2. The summed E-state index contributed by atoms with van der Waals surface area (Å²) in [7, 11) is 1.82. The average Bonchev–Trinajstić information content (AvgIpc) is 2.46. The van der Waals surface area contributed by atoms with E-state index < -0.39 is 0 Å². The van der Waals surface area contributed by atoms with E-state index in [1.807, 2.05) is 20.2 Å². The summed E-state index contributed by atoms with van der Waals surface area (Å²) in [6, 6.07) is 0. The van der Waals surface area contributed by atoms with Crippen molar-refractivity contribution in [3.63, 3.8) is 0 Å². The maximum absolute atomic E-state index is 5.88. The van der Waals surface area contributed by atoms with Gasteiger partial charge in [-0.15, -0.1) is 0 Å². The van der Waals surface area contributed by atoms with Crippen LogP contribution in [0, 0.1) is 6.92 Å². The molecule has 1 aliphatic rings. The molecule has 5 nitrogen and oxygen atoms in total. The van der Waals surface area contributed by atoms with E-state index in [0.29, 0.717) is 12.1 Å². The predicted molar refractivity (Wildman–Crippen MR) is 77.6 cm³/mol. The molecule has 0 aromatic carbocycles. The molecule has 0 unspecified atom stereocenters. The van der Waals surface area contributed by atoms with E-state index in [4.69, 9.17) is 4.74 Å². The van der Waals surface area contributed by atoms with Crippen LogP contribution in [0.3, 0.4) is 0 Å². The van der Waals surface area contributed by atoms with E-state index in [2.05, 4.69) is 20.6 Å². The highest BCUT2D eigenvalue weighted by Crippen LogP contribution is 2.20. The lowest BCUT2D eigenvalue weighted by molar-refractivity contribution is 0.0347. The molecule has 0 radical (unpaired) electrons. The number of hydrogen-bond acceptors (Lipinski definition) is 5. The first-order chi connectivity index (χ1) is 9.29. The Bertz CT molecular complexity index is 391. The molecule has 0 atom stereocenters. The Labute approximate surface area is 115 Å². The van der Waals surface area contributed by atoms with Gasteiger partial charge in [-0.1, -0.05) is 19.3 Å². The number of ether oxygens (including phenoxy) is 1. The molecule has 0 amide bonds. The van der Waals surface area contributed by atoms with Crippen molar-refractivity contribution in [2.75, 3.05) is 30.8 Å². The van der Waals surface area contributed by atoms with Crippen LogP contribution in [0.4, 0.5) is 11.8 Å². The molecule has 1 aromatic rings. The van der Waals surface area contributed by atoms with Gasteiger partial charge in [0.15, 0.2) is 0 Å². The summed E-state index contributed by atoms with van der Waals surface area (Å²) < 4.78 is 5.88. The van der Waals surface area contributed by atoms with Crippen molar-refractivity contribution in [1.29, 1.82) is 0 Å². The average molecular weight is 264 g/mol. The third-order valence-electron chi connectivity index (χ3n) is 3.50. The third kappa shape index (κ3) is 4.35. The molecule has 1 heterocycles. The minimum absolute atomic E-state index is 0.468. The molecule has 0 saturated heterocycles. The molecule has 0 bridgehead atoms. The van der Waals surface area contributed by atoms with E-state index in [0.717, 1.165) is 24.5 Å². The fourth-order valence-electron chi connectivity index (χ4n) is 2.37. The highest BCUT2D eigenvalue weighted by molar-refractivity contribution is 5.46. The van der Waals surface area contributed by atoms with E-state index in [-0.39, 0.29) is 0 Å². The Balaban J connectivity index is 1.72. The van der Waals surface area contributed by atoms with Crippen LogP contribution in [0.25, 0.3) is 0 Å². The molecule has 1 aromatic heterocycles. The quantitative estimate of drug-likeness (QED) is 0.773. The maximum Gasteiger partial charge on any atom is 0.224 e. The molecule has 1 fully saturated rings. The molecule has 1 aliphatic carbocycles. The first-order valence-corrected chi connectivity index (χ1v) is 7.16. The summed E-state index contributed by atoms with van der Waals surface area (Å²) in [4.78, 5) is 8.55. The zero-order chi connectivity index (χ0) is 13.5. The SMILES string of the molecule is CNc1ncc(C)c(NCCOC2CCCCC2)n1. The smallest absolute Gasteiger partial charge is 0.224 e. The Morgan fingerprint density at radius 3 is 2.84 bits per heavy atom. The maximum atomic E-state index is 5.88. The van der Waals surface area contributed by atoms with Crippen LogP contribution in [-0.2, 0) is 4.74 Å². The zero-order valence-electron chi connectivity index (χ0n) is 11.9. The molecule has 5 heteroatoms. The van der Waals surface area contributed by atoms with Gasteiger partial charge in [0.2, 0.25) is 5.95 Å². The van der Waals surface area contributed by atoms with Crippen LogP contribution in [0.1, 0.15) is 37.7 Å². The Morgan fingerprint density at radius 1 is 1.32 bits per heavy atom. The lowest BCUT2D eigenvalue weighted by Gasteiger charge is -2.22. The predicted octanol–water partition coefficient (Wildman–Crippen LogP) is 2.59. The number of nitrogens with one attached hydrogen (secondary N) is 2. The fraction of sp³-hybridized carbons (Fsp3) is 0.714. The van der Waals surface area contributed by atoms with Crippen LogP contribution in [0.5, 0.6) is 0 Å². The Morgan fingerprint density at radius 2 is 2.11 bits per heavy atom. The molecule has 106 valence electrons. The number of rotatable bonds is 6. The summed E-state index contributed by atoms with van der Waals surface area (Å²) in [6.07, 6.45) is 8.72. The zero-order valence-corrected chi connectivity index (χ0v) is 11.9.